The van der Waals surface area contributed by atoms with E-state index in [1.54, 1.807) is 12.1 Å². The maximum absolute atomic E-state index is 12.5. The lowest BCUT2D eigenvalue weighted by atomic mass is 10.2. The number of benzene rings is 1. The van der Waals surface area contributed by atoms with Crippen LogP contribution in [0.25, 0.3) is 32.5 Å². The van der Waals surface area contributed by atoms with E-state index < -0.39 is 11.7 Å². The van der Waals surface area contributed by atoms with Gasteiger partial charge in [0.05, 0.1) is 15.9 Å². The molecule has 0 bridgehead atoms. The summed E-state index contributed by atoms with van der Waals surface area (Å²) in [6.45, 7) is 11.4. The van der Waals surface area contributed by atoms with E-state index in [1.165, 1.54) is 16.0 Å². The van der Waals surface area contributed by atoms with Gasteiger partial charge in [0.25, 0.3) is 6.47 Å². The van der Waals surface area contributed by atoms with Crippen LogP contribution in [0.3, 0.4) is 0 Å². The third-order valence-corrected chi connectivity index (χ3v) is 5.03. The van der Waals surface area contributed by atoms with Gasteiger partial charge in [-0.05, 0) is 77.3 Å². The Labute approximate surface area is 189 Å². The lowest BCUT2D eigenvalue weighted by Gasteiger charge is -2.18. The number of thiophene rings is 1. The van der Waals surface area contributed by atoms with Gasteiger partial charge < -0.3 is 19.6 Å². The lowest BCUT2D eigenvalue weighted by Crippen LogP contribution is -2.27. The number of carbonyl (C=O) groups is 2. The molecule has 0 fully saturated rings. The second kappa shape index (κ2) is 8.66. The number of rotatable bonds is 2. The molecule has 0 saturated carbocycles. The molecule has 0 spiro atoms. The van der Waals surface area contributed by atoms with Crippen molar-refractivity contribution in [3.63, 3.8) is 0 Å². The third kappa shape index (κ3) is 5.47. The van der Waals surface area contributed by atoms with Crippen LogP contribution in [0.1, 0.15) is 41.5 Å². The van der Waals surface area contributed by atoms with E-state index in [0.29, 0.717) is 12.2 Å². The number of nitrogens with zero attached hydrogens (tertiary/aromatic N) is 2. The van der Waals surface area contributed by atoms with Crippen LogP contribution in [0.2, 0.25) is 0 Å². The van der Waals surface area contributed by atoms with Crippen LogP contribution in [0.4, 0.5) is 4.79 Å². The molecular formula is C23H27N3O5S. The van der Waals surface area contributed by atoms with Gasteiger partial charge in [-0.2, -0.15) is 9.78 Å². The van der Waals surface area contributed by atoms with Gasteiger partial charge in [0.15, 0.2) is 0 Å². The van der Waals surface area contributed by atoms with Gasteiger partial charge in [-0.3, -0.25) is 4.79 Å². The number of aromatic amines is 1. The topological polar surface area (TPSA) is 106 Å². The van der Waals surface area contributed by atoms with Crippen molar-refractivity contribution in [1.29, 1.82) is 0 Å². The monoisotopic (exact) mass is 457 g/mol. The Kier molecular flexibility index (Phi) is 6.32. The Balaban J connectivity index is 0.000000360. The number of ether oxygens (including phenoxy) is 2. The average molecular weight is 458 g/mol. The van der Waals surface area contributed by atoms with Crippen LogP contribution < -0.4 is 0 Å². The summed E-state index contributed by atoms with van der Waals surface area (Å²) >= 11 is 1.52. The van der Waals surface area contributed by atoms with E-state index in [9.17, 15) is 14.7 Å². The highest BCUT2D eigenvalue weighted by molar-refractivity contribution is 7.17. The number of hydrogen-bond acceptors (Lipinski definition) is 7. The van der Waals surface area contributed by atoms with Crippen molar-refractivity contribution in [1.82, 2.24) is 14.8 Å². The Morgan fingerprint density at radius 1 is 1.12 bits per heavy atom. The summed E-state index contributed by atoms with van der Waals surface area (Å²) in [5.74, 6) is 0.207. The standard InChI is InChI=1S/C18H17N3O3S.C5H10O2/c1-18(2,3)24-17(23)21-14-6-7-25-16(14)15(20-21)13-9-10-8-11(22)4-5-12(10)19-13;1-5(2,3)7-4-6/h4-9,19,22H,1-3H3;4H,1-3H3. The van der Waals surface area contributed by atoms with Crippen molar-refractivity contribution in [3.8, 4) is 17.1 Å². The molecule has 1 aromatic carbocycles. The van der Waals surface area contributed by atoms with E-state index in [1.807, 2.05) is 65.1 Å². The van der Waals surface area contributed by atoms with Gasteiger partial charge in [0.1, 0.15) is 22.6 Å². The fourth-order valence-corrected chi connectivity index (χ4v) is 3.73. The number of aromatic hydroxyl groups is 1. The van der Waals surface area contributed by atoms with Gasteiger partial charge in [0.2, 0.25) is 0 Å². The number of phenols is 1. The molecule has 0 aliphatic rings. The SMILES string of the molecule is CC(C)(C)OC(=O)n1nc(-c2cc3cc(O)ccc3[nH]2)c2sccc21.CC(C)(C)OC=O. The minimum atomic E-state index is -0.593. The van der Waals surface area contributed by atoms with Gasteiger partial charge in [-0.25, -0.2) is 4.79 Å². The number of hydrogen-bond donors (Lipinski definition) is 2. The van der Waals surface area contributed by atoms with Crippen molar-refractivity contribution in [2.45, 2.75) is 52.7 Å². The predicted octanol–water partition coefficient (Wildman–Crippen LogP) is 5.69. The fourth-order valence-electron chi connectivity index (χ4n) is 2.86. The van der Waals surface area contributed by atoms with Crippen LogP contribution in [0, 0.1) is 0 Å². The molecule has 0 aliphatic carbocycles. The summed E-state index contributed by atoms with van der Waals surface area (Å²) in [7, 11) is 0. The maximum atomic E-state index is 12.5. The molecule has 0 saturated heterocycles. The minimum Gasteiger partial charge on any atom is -0.508 e. The van der Waals surface area contributed by atoms with E-state index in [2.05, 4.69) is 14.8 Å². The first-order valence-electron chi connectivity index (χ1n) is 10.0. The van der Waals surface area contributed by atoms with E-state index >= 15 is 0 Å². The minimum absolute atomic E-state index is 0.207. The molecular weight excluding hydrogens is 430 g/mol. The molecule has 8 nitrogen and oxygen atoms in total. The van der Waals surface area contributed by atoms with Crippen molar-refractivity contribution in [2.75, 3.05) is 0 Å². The molecule has 9 heteroatoms. The van der Waals surface area contributed by atoms with Crippen LogP contribution in [-0.4, -0.2) is 43.6 Å². The molecule has 3 heterocycles. The van der Waals surface area contributed by atoms with Crippen molar-refractivity contribution in [2.24, 2.45) is 0 Å². The molecule has 4 aromatic rings. The molecule has 0 amide bonds. The fraction of sp³-hybridized carbons (Fsp3) is 0.348. The highest BCUT2D eigenvalue weighted by Gasteiger charge is 2.23. The molecule has 4 rings (SSSR count). The summed E-state index contributed by atoms with van der Waals surface area (Å²) < 4.78 is 12.2. The zero-order valence-corrected chi connectivity index (χ0v) is 19.7. The summed E-state index contributed by atoms with van der Waals surface area (Å²) in [6.07, 6.45) is -0.504. The van der Waals surface area contributed by atoms with Gasteiger partial charge in [-0.1, -0.05) is 0 Å². The predicted molar refractivity (Wildman–Crippen MR) is 125 cm³/mol. The van der Waals surface area contributed by atoms with Crippen molar-refractivity contribution >= 4 is 45.0 Å². The normalized spacial score (nSPS) is 11.8. The van der Waals surface area contributed by atoms with Crippen molar-refractivity contribution in [3.05, 3.63) is 35.7 Å². The Bertz CT molecular complexity index is 1250. The molecule has 32 heavy (non-hydrogen) atoms. The zero-order valence-electron chi connectivity index (χ0n) is 18.9. The third-order valence-electron chi connectivity index (χ3n) is 4.12. The number of H-pyrrole nitrogens is 1. The quantitative estimate of drug-likeness (QED) is 0.374. The second-order valence-corrected chi connectivity index (χ2v) is 10.1. The van der Waals surface area contributed by atoms with Gasteiger partial charge >= 0.3 is 6.09 Å². The number of phenolic OH excluding ortho intramolecular Hbond substituents is 1. The number of fused-ring (bicyclic) bond motifs is 2. The highest BCUT2D eigenvalue weighted by Crippen LogP contribution is 2.34. The first-order valence-corrected chi connectivity index (χ1v) is 10.9. The summed E-state index contributed by atoms with van der Waals surface area (Å²) in [5.41, 5.74) is 2.17. The molecule has 0 unspecified atom stereocenters. The zero-order chi connectivity index (χ0) is 23.7. The summed E-state index contributed by atoms with van der Waals surface area (Å²) in [6, 6.07) is 8.89. The van der Waals surface area contributed by atoms with Crippen LogP contribution in [-0.2, 0) is 14.3 Å². The average Bonchev–Trinajstić information content (AvgIpc) is 3.33. The summed E-state index contributed by atoms with van der Waals surface area (Å²) in [4.78, 5) is 25.4. The summed E-state index contributed by atoms with van der Waals surface area (Å²) in [5, 5.41) is 16.9. The molecule has 0 radical (unpaired) electrons. The molecule has 0 atom stereocenters. The van der Waals surface area contributed by atoms with E-state index in [0.717, 1.165) is 26.8 Å². The van der Waals surface area contributed by atoms with Crippen LogP contribution >= 0.6 is 11.3 Å². The van der Waals surface area contributed by atoms with E-state index in [-0.39, 0.29) is 11.4 Å². The smallest absolute Gasteiger partial charge is 0.435 e. The maximum Gasteiger partial charge on any atom is 0.435 e. The Morgan fingerprint density at radius 2 is 1.84 bits per heavy atom. The second-order valence-electron chi connectivity index (χ2n) is 9.16. The lowest BCUT2D eigenvalue weighted by molar-refractivity contribution is -0.138. The number of aromatic nitrogens is 3. The Hall–Kier alpha value is -3.33. The Morgan fingerprint density at radius 3 is 2.44 bits per heavy atom. The van der Waals surface area contributed by atoms with Gasteiger partial charge in [0, 0.05) is 10.9 Å². The molecule has 170 valence electrons. The highest BCUT2D eigenvalue weighted by atomic mass is 32.1. The number of nitrogens with one attached hydrogen (secondary N) is 1. The van der Waals surface area contributed by atoms with Crippen LogP contribution in [0.5, 0.6) is 5.75 Å². The van der Waals surface area contributed by atoms with Crippen molar-refractivity contribution < 1.29 is 24.2 Å². The largest absolute Gasteiger partial charge is 0.508 e. The molecule has 0 aliphatic heterocycles. The van der Waals surface area contributed by atoms with E-state index in [4.69, 9.17) is 4.74 Å². The molecule has 3 aromatic heterocycles. The first-order chi connectivity index (χ1) is 14.9. The molecule has 2 N–H and O–H groups in total. The first kappa shape index (κ1) is 23.3. The van der Waals surface area contributed by atoms with Crippen LogP contribution in [0.15, 0.2) is 35.7 Å². The van der Waals surface area contributed by atoms with Gasteiger partial charge in [-0.15, -0.1) is 11.3 Å². The number of carbonyl (C=O) groups excluding carboxylic acids is 2.